The van der Waals surface area contributed by atoms with Gasteiger partial charge in [-0.05, 0) is 18.2 Å². The Morgan fingerprint density at radius 2 is 2.18 bits per heavy atom. The maximum Gasteiger partial charge on any atom is 0.269 e. The van der Waals surface area contributed by atoms with Crippen molar-refractivity contribution in [2.75, 3.05) is 11.1 Å². The van der Waals surface area contributed by atoms with Gasteiger partial charge in [-0.15, -0.1) is 5.10 Å². The van der Waals surface area contributed by atoms with Crippen LogP contribution < -0.4 is 11.1 Å². The van der Waals surface area contributed by atoms with Crippen LogP contribution in [0.25, 0.3) is 10.9 Å². The van der Waals surface area contributed by atoms with Gasteiger partial charge in [0, 0.05) is 18.0 Å². The molecular weight excluding hydrogens is 286 g/mol. The van der Waals surface area contributed by atoms with E-state index in [-0.39, 0.29) is 18.4 Å². The van der Waals surface area contributed by atoms with Crippen molar-refractivity contribution in [1.82, 2.24) is 24.8 Å². The zero-order chi connectivity index (χ0) is 15.7. The van der Waals surface area contributed by atoms with Crippen LogP contribution in [0.1, 0.15) is 11.7 Å². The molecule has 2 heterocycles. The number of carbonyl (C=O) groups excluding carboxylic acids is 2. The van der Waals surface area contributed by atoms with Crippen LogP contribution in [-0.4, -0.2) is 36.6 Å². The van der Waals surface area contributed by atoms with E-state index in [0.29, 0.717) is 17.0 Å². The standard InChI is InChI=1S/C13H13N7O2/c1-8(21)16-12-6-19(18-17-12)7-13(22)20-11-3-2-10(14)4-9(11)5-15-20/h2-6H,7,14H2,1H3,(H,16,21). The van der Waals surface area contributed by atoms with Crippen molar-refractivity contribution in [2.45, 2.75) is 13.5 Å². The van der Waals surface area contributed by atoms with Crippen molar-refractivity contribution in [2.24, 2.45) is 0 Å². The summed E-state index contributed by atoms with van der Waals surface area (Å²) in [6.07, 6.45) is 3.05. The summed E-state index contributed by atoms with van der Waals surface area (Å²) in [7, 11) is 0. The number of fused-ring (bicyclic) bond motifs is 1. The Kier molecular flexibility index (Phi) is 3.30. The molecule has 9 nitrogen and oxygen atoms in total. The van der Waals surface area contributed by atoms with Crippen molar-refractivity contribution < 1.29 is 9.59 Å². The minimum Gasteiger partial charge on any atom is -0.399 e. The molecule has 2 aromatic heterocycles. The molecule has 22 heavy (non-hydrogen) atoms. The van der Waals surface area contributed by atoms with Gasteiger partial charge in [0.25, 0.3) is 5.91 Å². The first-order chi connectivity index (χ1) is 10.5. The number of hydrogen-bond donors (Lipinski definition) is 2. The molecular formula is C13H13N7O2. The third-order valence-electron chi connectivity index (χ3n) is 2.97. The molecule has 0 bridgehead atoms. The number of carbonyl (C=O) groups is 2. The molecule has 9 heteroatoms. The Morgan fingerprint density at radius 1 is 1.36 bits per heavy atom. The minimum atomic E-state index is -0.279. The monoisotopic (exact) mass is 299 g/mol. The van der Waals surface area contributed by atoms with Crippen LogP contribution >= 0.6 is 0 Å². The van der Waals surface area contributed by atoms with E-state index >= 15 is 0 Å². The maximum absolute atomic E-state index is 12.3. The molecule has 1 aromatic carbocycles. The summed E-state index contributed by atoms with van der Waals surface area (Å²) in [4.78, 5) is 23.2. The van der Waals surface area contributed by atoms with Gasteiger partial charge in [-0.2, -0.15) is 9.78 Å². The van der Waals surface area contributed by atoms with Crippen molar-refractivity contribution in [1.29, 1.82) is 0 Å². The summed E-state index contributed by atoms with van der Waals surface area (Å²) in [6.45, 7) is 1.32. The second-order valence-electron chi connectivity index (χ2n) is 4.75. The van der Waals surface area contributed by atoms with Crippen LogP contribution in [0.2, 0.25) is 0 Å². The summed E-state index contributed by atoms with van der Waals surface area (Å²) >= 11 is 0. The van der Waals surface area contributed by atoms with Gasteiger partial charge < -0.3 is 11.1 Å². The van der Waals surface area contributed by atoms with Gasteiger partial charge in [-0.25, -0.2) is 4.68 Å². The van der Waals surface area contributed by atoms with E-state index in [1.165, 1.54) is 22.5 Å². The van der Waals surface area contributed by atoms with Crippen LogP contribution in [-0.2, 0) is 11.3 Å². The molecule has 0 saturated carbocycles. The Labute approximate surface area is 124 Å². The Bertz CT molecular complexity index is 864. The first kappa shape index (κ1) is 13.7. The van der Waals surface area contributed by atoms with E-state index in [1.807, 2.05) is 0 Å². The van der Waals surface area contributed by atoms with Gasteiger partial charge in [-0.3, -0.25) is 9.59 Å². The van der Waals surface area contributed by atoms with Gasteiger partial charge in [0.05, 0.1) is 17.9 Å². The Hall–Kier alpha value is -3.23. The fourth-order valence-corrected chi connectivity index (χ4v) is 2.07. The van der Waals surface area contributed by atoms with Gasteiger partial charge in [0.15, 0.2) is 5.82 Å². The van der Waals surface area contributed by atoms with E-state index in [1.54, 1.807) is 24.4 Å². The second-order valence-corrected chi connectivity index (χ2v) is 4.75. The van der Waals surface area contributed by atoms with E-state index < -0.39 is 0 Å². The quantitative estimate of drug-likeness (QED) is 0.680. The van der Waals surface area contributed by atoms with E-state index in [0.717, 1.165) is 5.39 Å². The molecule has 0 aliphatic heterocycles. The number of nitrogen functional groups attached to an aromatic ring is 1. The van der Waals surface area contributed by atoms with Crippen molar-refractivity contribution in [3.8, 4) is 0 Å². The van der Waals surface area contributed by atoms with Crippen LogP contribution in [0.5, 0.6) is 0 Å². The van der Waals surface area contributed by atoms with Crippen molar-refractivity contribution in [3.05, 3.63) is 30.6 Å². The lowest BCUT2D eigenvalue weighted by atomic mass is 10.2. The lowest BCUT2D eigenvalue weighted by Crippen LogP contribution is -2.19. The summed E-state index contributed by atoms with van der Waals surface area (Å²) in [6, 6.07) is 5.19. The summed E-state index contributed by atoms with van der Waals surface area (Å²) in [5.41, 5.74) is 6.97. The average Bonchev–Trinajstić information content (AvgIpc) is 3.04. The molecule has 0 radical (unpaired) electrons. The molecule has 0 aliphatic rings. The summed E-state index contributed by atoms with van der Waals surface area (Å²) < 4.78 is 2.62. The smallest absolute Gasteiger partial charge is 0.269 e. The van der Waals surface area contributed by atoms with Gasteiger partial charge in [-0.1, -0.05) is 5.21 Å². The van der Waals surface area contributed by atoms with Gasteiger partial charge in [0.2, 0.25) is 5.91 Å². The van der Waals surface area contributed by atoms with E-state index in [2.05, 4.69) is 20.7 Å². The zero-order valence-electron chi connectivity index (χ0n) is 11.7. The molecule has 112 valence electrons. The fraction of sp³-hybridized carbons (Fsp3) is 0.154. The number of rotatable bonds is 3. The van der Waals surface area contributed by atoms with E-state index in [9.17, 15) is 9.59 Å². The highest BCUT2D eigenvalue weighted by molar-refractivity contribution is 5.92. The number of hydrogen-bond acceptors (Lipinski definition) is 6. The highest BCUT2D eigenvalue weighted by atomic mass is 16.2. The minimum absolute atomic E-state index is 0.0479. The molecule has 0 unspecified atom stereocenters. The third-order valence-corrected chi connectivity index (χ3v) is 2.97. The zero-order valence-corrected chi connectivity index (χ0v) is 11.7. The molecule has 0 saturated heterocycles. The second kappa shape index (κ2) is 5.28. The lowest BCUT2D eigenvalue weighted by Gasteiger charge is -2.02. The maximum atomic E-state index is 12.3. The van der Waals surface area contributed by atoms with Gasteiger partial charge >= 0.3 is 0 Å². The first-order valence-electron chi connectivity index (χ1n) is 6.47. The fourth-order valence-electron chi connectivity index (χ4n) is 2.07. The molecule has 3 N–H and O–H groups in total. The van der Waals surface area contributed by atoms with Crippen LogP contribution in [0.3, 0.4) is 0 Å². The first-order valence-corrected chi connectivity index (χ1v) is 6.47. The number of amides is 1. The lowest BCUT2D eigenvalue weighted by molar-refractivity contribution is -0.114. The van der Waals surface area contributed by atoms with Crippen LogP contribution in [0, 0.1) is 0 Å². The molecule has 3 rings (SSSR count). The van der Waals surface area contributed by atoms with Crippen LogP contribution in [0.4, 0.5) is 11.5 Å². The average molecular weight is 299 g/mol. The molecule has 0 spiro atoms. The number of benzene rings is 1. The number of anilines is 2. The summed E-state index contributed by atoms with van der Waals surface area (Å²) in [5, 5.41) is 14.9. The van der Waals surface area contributed by atoms with E-state index in [4.69, 9.17) is 5.73 Å². The van der Waals surface area contributed by atoms with Crippen molar-refractivity contribution in [3.63, 3.8) is 0 Å². The van der Waals surface area contributed by atoms with Crippen LogP contribution in [0.15, 0.2) is 30.6 Å². The molecule has 0 atom stereocenters. The highest BCUT2D eigenvalue weighted by Crippen LogP contribution is 2.17. The molecule has 0 aliphatic carbocycles. The normalized spacial score (nSPS) is 10.8. The highest BCUT2D eigenvalue weighted by Gasteiger charge is 2.13. The largest absolute Gasteiger partial charge is 0.399 e. The molecule has 0 fully saturated rings. The summed E-state index contributed by atoms with van der Waals surface area (Å²) in [5.74, 6) is -0.244. The Balaban J connectivity index is 1.81. The number of nitrogens with two attached hydrogens (primary N) is 1. The van der Waals surface area contributed by atoms with Gasteiger partial charge in [0.1, 0.15) is 6.54 Å². The Morgan fingerprint density at radius 3 is 2.95 bits per heavy atom. The number of aromatic nitrogens is 5. The topological polar surface area (TPSA) is 121 Å². The number of nitrogens with one attached hydrogen (secondary N) is 1. The SMILES string of the molecule is CC(=O)Nc1cn(CC(=O)n2ncc3cc(N)ccc32)nn1. The number of nitrogens with zero attached hydrogens (tertiary/aromatic N) is 5. The third kappa shape index (κ3) is 2.64. The predicted molar refractivity (Wildman–Crippen MR) is 79.1 cm³/mol. The molecule has 1 amide bonds. The van der Waals surface area contributed by atoms with Crippen molar-refractivity contribution >= 4 is 34.2 Å². The predicted octanol–water partition coefficient (Wildman–Crippen LogP) is 0.509. The molecule has 3 aromatic rings.